The van der Waals surface area contributed by atoms with Crippen LogP contribution in [0.25, 0.3) is 0 Å². The summed E-state index contributed by atoms with van der Waals surface area (Å²) >= 11 is 3.09. The van der Waals surface area contributed by atoms with Crippen LogP contribution in [-0.4, -0.2) is 17.3 Å². The zero-order chi connectivity index (χ0) is 13.0. The Morgan fingerprint density at radius 1 is 1.53 bits per heavy atom. The van der Waals surface area contributed by atoms with Gasteiger partial charge in [-0.3, -0.25) is 14.9 Å². The van der Waals surface area contributed by atoms with Gasteiger partial charge >= 0.3 is 0 Å². The summed E-state index contributed by atoms with van der Waals surface area (Å²) in [5.74, 6) is 0.129. The van der Waals surface area contributed by atoms with Gasteiger partial charge in [0.25, 0.3) is 5.69 Å². The molecule has 92 valence electrons. The van der Waals surface area contributed by atoms with Crippen molar-refractivity contribution in [2.45, 2.75) is 13.8 Å². The number of ether oxygens (including phenoxy) is 1. The average molecular weight is 302 g/mol. The van der Waals surface area contributed by atoms with Crippen molar-refractivity contribution in [1.82, 2.24) is 0 Å². The van der Waals surface area contributed by atoms with Gasteiger partial charge in [0, 0.05) is 12.0 Å². The first kappa shape index (κ1) is 13.6. The van der Waals surface area contributed by atoms with Crippen molar-refractivity contribution >= 4 is 27.4 Å². The Balaban J connectivity index is 2.82. The third-order valence-electron chi connectivity index (χ3n) is 2.15. The van der Waals surface area contributed by atoms with Crippen molar-refractivity contribution in [2.24, 2.45) is 5.92 Å². The van der Waals surface area contributed by atoms with Crippen LogP contribution in [-0.2, 0) is 4.79 Å². The minimum Gasteiger partial charge on any atom is -0.484 e. The molecule has 0 saturated carbocycles. The lowest BCUT2D eigenvalue weighted by atomic mass is 10.1. The summed E-state index contributed by atoms with van der Waals surface area (Å²) in [6.07, 6.45) is 0. The molecule has 1 aromatic carbocycles. The summed E-state index contributed by atoms with van der Waals surface area (Å²) in [5, 5.41) is 10.7. The summed E-state index contributed by atoms with van der Waals surface area (Å²) in [6.45, 7) is 3.46. The van der Waals surface area contributed by atoms with Crippen LogP contribution in [0, 0.1) is 16.0 Å². The fourth-order valence-electron chi connectivity index (χ4n) is 1.07. The van der Waals surface area contributed by atoms with E-state index in [1.54, 1.807) is 19.9 Å². The van der Waals surface area contributed by atoms with E-state index in [2.05, 4.69) is 15.9 Å². The maximum Gasteiger partial charge on any atom is 0.287 e. The van der Waals surface area contributed by atoms with Crippen molar-refractivity contribution in [3.63, 3.8) is 0 Å². The van der Waals surface area contributed by atoms with E-state index in [9.17, 15) is 14.9 Å². The van der Waals surface area contributed by atoms with Crippen LogP contribution in [0.2, 0.25) is 0 Å². The minimum atomic E-state index is -0.513. The zero-order valence-corrected chi connectivity index (χ0v) is 11.1. The highest BCUT2D eigenvalue weighted by atomic mass is 79.9. The topological polar surface area (TPSA) is 69.4 Å². The molecular weight excluding hydrogens is 290 g/mol. The SMILES string of the molecule is CC(C)C(=O)COc1cccc([N+](=O)[O-])c1Br. The lowest BCUT2D eigenvalue weighted by Gasteiger charge is -2.08. The van der Waals surface area contributed by atoms with Crippen LogP contribution < -0.4 is 4.74 Å². The number of Topliss-reactive ketones (excluding diaryl/α,β-unsaturated/α-hetero) is 1. The predicted octanol–water partition coefficient (Wildman–Crippen LogP) is 2.96. The molecule has 6 heteroatoms. The smallest absolute Gasteiger partial charge is 0.287 e. The number of rotatable bonds is 5. The maximum atomic E-state index is 11.4. The fourth-order valence-corrected chi connectivity index (χ4v) is 1.59. The highest BCUT2D eigenvalue weighted by molar-refractivity contribution is 9.10. The molecule has 0 unspecified atom stereocenters. The first-order chi connectivity index (χ1) is 7.93. The van der Waals surface area contributed by atoms with Crippen LogP contribution in [0.5, 0.6) is 5.75 Å². The third kappa shape index (κ3) is 3.52. The van der Waals surface area contributed by atoms with Crippen molar-refractivity contribution in [3.8, 4) is 5.75 Å². The largest absolute Gasteiger partial charge is 0.484 e. The Kier molecular flexibility index (Phi) is 4.62. The van der Waals surface area contributed by atoms with E-state index >= 15 is 0 Å². The van der Waals surface area contributed by atoms with Gasteiger partial charge in [-0.2, -0.15) is 0 Å². The second-order valence-electron chi connectivity index (χ2n) is 3.76. The van der Waals surface area contributed by atoms with Gasteiger partial charge in [0.1, 0.15) is 16.8 Å². The highest BCUT2D eigenvalue weighted by Gasteiger charge is 2.17. The lowest BCUT2D eigenvalue weighted by Crippen LogP contribution is -2.17. The van der Waals surface area contributed by atoms with Crippen LogP contribution >= 0.6 is 15.9 Å². The van der Waals surface area contributed by atoms with E-state index in [1.807, 2.05) is 0 Å². The number of nitrogens with zero attached hydrogens (tertiary/aromatic N) is 1. The lowest BCUT2D eigenvalue weighted by molar-refractivity contribution is -0.385. The summed E-state index contributed by atoms with van der Waals surface area (Å²) in [4.78, 5) is 21.5. The molecule has 5 nitrogen and oxygen atoms in total. The molecule has 0 N–H and O–H groups in total. The van der Waals surface area contributed by atoms with Gasteiger partial charge in [-0.15, -0.1) is 0 Å². The number of ketones is 1. The average Bonchev–Trinajstić information content (AvgIpc) is 2.26. The zero-order valence-electron chi connectivity index (χ0n) is 9.47. The molecule has 0 aliphatic carbocycles. The van der Waals surface area contributed by atoms with Crippen LogP contribution in [0.4, 0.5) is 5.69 Å². The molecular formula is C11H12BrNO4. The number of nitro benzene ring substituents is 1. The molecule has 0 radical (unpaired) electrons. The van der Waals surface area contributed by atoms with Crippen LogP contribution in [0.15, 0.2) is 22.7 Å². The van der Waals surface area contributed by atoms with E-state index in [0.29, 0.717) is 5.75 Å². The minimum absolute atomic E-state index is 0.0524. The Morgan fingerprint density at radius 2 is 2.18 bits per heavy atom. The standard InChI is InChI=1S/C11H12BrNO4/c1-7(2)9(14)6-17-10-5-3-4-8(11(10)12)13(15)16/h3-5,7H,6H2,1-2H3. The van der Waals surface area contributed by atoms with Gasteiger partial charge in [0.2, 0.25) is 0 Å². The van der Waals surface area contributed by atoms with Gasteiger partial charge < -0.3 is 4.74 Å². The molecule has 17 heavy (non-hydrogen) atoms. The quantitative estimate of drug-likeness (QED) is 0.619. The number of benzene rings is 1. The monoisotopic (exact) mass is 301 g/mol. The Hall–Kier alpha value is -1.43. The maximum absolute atomic E-state index is 11.4. The molecule has 1 rings (SSSR count). The van der Waals surface area contributed by atoms with E-state index in [1.165, 1.54) is 12.1 Å². The fraction of sp³-hybridized carbons (Fsp3) is 0.364. The van der Waals surface area contributed by atoms with Gasteiger partial charge in [0.15, 0.2) is 5.78 Å². The van der Waals surface area contributed by atoms with E-state index < -0.39 is 4.92 Å². The first-order valence-corrected chi connectivity index (χ1v) is 5.81. The number of halogens is 1. The summed E-state index contributed by atoms with van der Waals surface area (Å²) in [6, 6.07) is 4.45. The number of carbonyl (C=O) groups is 1. The number of carbonyl (C=O) groups excluding carboxylic acids is 1. The molecule has 0 saturated heterocycles. The summed E-state index contributed by atoms with van der Waals surface area (Å²) < 4.78 is 5.50. The number of hydrogen-bond donors (Lipinski definition) is 0. The normalized spacial score (nSPS) is 10.4. The van der Waals surface area contributed by atoms with E-state index in [4.69, 9.17) is 4.74 Å². The molecule has 0 atom stereocenters. The van der Waals surface area contributed by atoms with Crippen LogP contribution in [0.3, 0.4) is 0 Å². The second kappa shape index (κ2) is 5.77. The second-order valence-corrected chi connectivity index (χ2v) is 4.55. The molecule has 0 amide bonds. The molecule has 0 heterocycles. The molecule has 0 aliphatic heterocycles. The number of nitro groups is 1. The van der Waals surface area contributed by atoms with Gasteiger partial charge in [-0.05, 0) is 22.0 Å². The van der Waals surface area contributed by atoms with Gasteiger partial charge in [0.05, 0.1) is 4.92 Å². The summed E-state index contributed by atoms with van der Waals surface area (Å²) in [5.41, 5.74) is -0.0838. The van der Waals surface area contributed by atoms with Crippen molar-refractivity contribution in [1.29, 1.82) is 0 Å². The van der Waals surface area contributed by atoms with Gasteiger partial charge in [-0.1, -0.05) is 19.9 Å². The van der Waals surface area contributed by atoms with Crippen molar-refractivity contribution in [2.75, 3.05) is 6.61 Å². The van der Waals surface area contributed by atoms with Crippen LogP contribution in [0.1, 0.15) is 13.8 Å². The molecule has 0 aliphatic rings. The Morgan fingerprint density at radius 3 is 2.71 bits per heavy atom. The van der Waals surface area contributed by atoms with Crippen molar-refractivity contribution in [3.05, 3.63) is 32.8 Å². The molecule has 0 aromatic heterocycles. The molecule has 1 aromatic rings. The molecule has 0 bridgehead atoms. The Bertz CT molecular complexity index is 445. The summed E-state index contributed by atoms with van der Waals surface area (Å²) in [7, 11) is 0. The third-order valence-corrected chi connectivity index (χ3v) is 2.95. The van der Waals surface area contributed by atoms with E-state index in [-0.39, 0.29) is 28.5 Å². The Labute approximate surface area is 107 Å². The van der Waals surface area contributed by atoms with E-state index in [0.717, 1.165) is 0 Å². The molecule has 0 fully saturated rings. The van der Waals surface area contributed by atoms with Crippen molar-refractivity contribution < 1.29 is 14.5 Å². The first-order valence-electron chi connectivity index (χ1n) is 5.02. The molecule has 0 spiro atoms. The van der Waals surface area contributed by atoms with Gasteiger partial charge in [-0.25, -0.2) is 0 Å². The number of hydrogen-bond acceptors (Lipinski definition) is 4. The predicted molar refractivity (Wildman–Crippen MR) is 66.1 cm³/mol. The highest BCUT2D eigenvalue weighted by Crippen LogP contribution is 2.33.